The fourth-order valence-electron chi connectivity index (χ4n) is 2.33. The second kappa shape index (κ2) is 13.9. The molecule has 0 saturated carbocycles. The Morgan fingerprint density at radius 3 is 2.62 bits per heavy atom. The molecule has 0 atom stereocenters. The van der Waals surface area contributed by atoms with E-state index in [1.165, 1.54) is 10.4 Å². The SMILES string of the molecule is CN=C(NCCCCOCc1ccccc1)NCCc1ncc(C)s1.I. The first kappa shape index (κ1) is 22.9. The zero-order chi connectivity index (χ0) is 17.7. The van der Waals surface area contributed by atoms with Gasteiger partial charge in [-0.1, -0.05) is 30.3 Å². The van der Waals surface area contributed by atoms with Gasteiger partial charge in [0, 0.05) is 44.2 Å². The van der Waals surface area contributed by atoms with Gasteiger partial charge in [0.15, 0.2) is 5.96 Å². The molecule has 1 aromatic heterocycles. The maximum absolute atomic E-state index is 5.69. The first-order chi connectivity index (χ1) is 12.3. The number of nitrogens with one attached hydrogen (secondary N) is 2. The Labute approximate surface area is 177 Å². The molecule has 1 aromatic carbocycles. The standard InChI is InChI=1S/C19H28N4OS.HI/c1-16-14-23-18(25-16)10-12-22-19(20-2)21-11-6-7-13-24-15-17-8-4-3-5-9-17;/h3-5,8-9,14H,6-7,10-13,15H2,1-2H3,(H2,20,21,22);1H. The van der Waals surface area contributed by atoms with Crippen LogP contribution < -0.4 is 10.6 Å². The van der Waals surface area contributed by atoms with Crippen LogP contribution in [0.2, 0.25) is 0 Å². The lowest BCUT2D eigenvalue weighted by molar-refractivity contribution is 0.117. The minimum atomic E-state index is 0. The van der Waals surface area contributed by atoms with Crippen LogP contribution in [0, 0.1) is 6.92 Å². The van der Waals surface area contributed by atoms with E-state index in [4.69, 9.17) is 4.74 Å². The third-order valence-corrected chi connectivity index (χ3v) is 4.62. The van der Waals surface area contributed by atoms with Crippen molar-refractivity contribution in [3.8, 4) is 0 Å². The predicted molar refractivity (Wildman–Crippen MR) is 121 cm³/mol. The van der Waals surface area contributed by atoms with Gasteiger partial charge in [-0.25, -0.2) is 4.98 Å². The number of unbranched alkanes of at least 4 members (excludes halogenated alkanes) is 1. The number of ether oxygens (including phenoxy) is 1. The van der Waals surface area contributed by atoms with E-state index < -0.39 is 0 Å². The highest BCUT2D eigenvalue weighted by Crippen LogP contribution is 2.10. The molecule has 0 fully saturated rings. The Hall–Kier alpha value is -1.19. The number of benzene rings is 1. The summed E-state index contributed by atoms with van der Waals surface area (Å²) in [6.07, 6.45) is 4.94. The lowest BCUT2D eigenvalue weighted by Gasteiger charge is -2.11. The fraction of sp³-hybridized carbons (Fsp3) is 0.474. The maximum Gasteiger partial charge on any atom is 0.190 e. The molecule has 26 heavy (non-hydrogen) atoms. The summed E-state index contributed by atoms with van der Waals surface area (Å²) in [5, 5.41) is 7.82. The molecule has 0 saturated heterocycles. The number of aryl methyl sites for hydroxylation is 1. The van der Waals surface area contributed by atoms with Crippen molar-refractivity contribution in [3.05, 3.63) is 52.0 Å². The van der Waals surface area contributed by atoms with Crippen LogP contribution in [0.4, 0.5) is 0 Å². The van der Waals surface area contributed by atoms with Crippen LogP contribution in [-0.4, -0.2) is 37.7 Å². The smallest absolute Gasteiger partial charge is 0.190 e. The molecule has 0 unspecified atom stereocenters. The molecule has 0 amide bonds. The van der Waals surface area contributed by atoms with Gasteiger partial charge in [0.05, 0.1) is 11.6 Å². The molecule has 2 rings (SSSR count). The normalized spacial score (nSPS) is 11.1. The van der Waals surface area contributed by atoms with Crippen molar-refractivity contribution in [2.24, 2.45) is 4.99 Å². The Morgan fingerprint density at radius 2 is 1.92 bits per heavy atom. The number of nitrogens with zero attached hydrogens (tertiary/aromatic N) is 2. The largest absolute Gasteiger partial charge is 0.377 e. The van der Waals surface area contributed by atoms with Crippen LogP contribution >= 0.6 is 35.3 Å². The molecule has 0 aliphatic carbocycles. The maximum atomic E-state index is 5.69. The Bertz CT molecular complexity index is 633. The molecule has 0 radical (unpaired) electrons. The Kier molecular flexibility index (Phi) is 12.3. The highest BCUT2D eigenvalue weighted by Gasteiger charge is 2.01. The molecular weight excluding hydrogens is 459 g/mol. The second-order valence-electron chi connectivity index (χ2n) is 5.79. The van der Waals surface area contributed by atoms with Crippen LogP contribution in [-0.2, 0) is 17.8 Å². The summed E-state index contributed by atoms with van der Waals surface area (Å²) in [5.74, 6) is 0.846. The second-order valence-corrected chi connectivity index (χ2v) is 7.11. The molecule has 7 heteroatoms. The van der Waals surface area contributed by atoms with Gasteiger partial charge in [-0.2, -0.15) is 0 Å². The van der Waals surface area contributed by atoms with Crippen molar-refractivity contribution in [1.29, 1.82) is 0 Å². The van der Waals surface area contributed by atoms with E-state index in [9.17, 15) is 0 Å². The topological polar surface area (TPSA) is 58.5 Å². The van der Waals surface area contributed by atoms with Crippen LogP contribution in [0.1, 0.15) is 28.3 Å². The number of hydrogen-bond donors (Lipinski definition) is 2. The van der Waals surface area contributed by atoms with Crippen molar-refractivity contribution < 1.29 is 4.74 Å². The number of aliphatic imine (C=N–C) groups is 1. The molecule has 0 aliphatic rings. The lowest BCUT2D eigenvalue weighted by atomic mass is 10.2. The van der Waals surface area contributed by atoms with Gasteiger partial charge in [0.1, 0.15) is 0 Å². The highest BCUT2D eigenvalue weighted by atomic mass is 127. The van der Waals surface area contributed by atoms with E-state index in [2.05, 4.69) is 39.7 Å². The van der Waals surface area contributed by atoms with E-state index in [0.29, 0.717) is 6.61 Å². The van der Waals surface area contributed by atoms with Gasteiger partial charge in [-0.05, 0) is 25.3 Å². The van der Waals surface area contributed by atoms with Crippen molar-refractivity contribution in [3.63, 3.8) is 0 Å². The molecule has 0 spiro atoms. The third-order valence-electron chi connectivity index (χ3n) is 3.64. The first-order valence-corrected chi connectivity index (χ1v) is 9.57. The average Bonchev–Trinajstić information content (AvgIpc) is 3.05. The van der Waals surface area contributed by atoms with Gasteiger partial charge in [-0.3, -0.25) is 4.99 Å². The molecule has 5 nitrogen and oxygen atoms in total. The van der Waals surface area contributed by atoms with E-state index >= 15 is 0 Å². The number of aromatic nitrogens is 1. The summed E-state index contributed by atoms with van der Waals surface area (Å²) >= 11 is 1.75. The Morgan fingerprint density at radius 1 is 1.15 bits per heavy atom. The minimum absolute atomic E-state index is 0. The third kappa shape index (κ3) is 9.49. The molecule has 2 aromatic rings. The fourth-order valence-corrected chi connectivity index (χ4v) is 3.11. The van der Waals surface area contributed by atoms with Crippen LogP contribution in [0.15, 0.2) is 41.5 Å². The summed E-state index contributed by atoms with van der Waals surface area (Å²) in [6.45, 7) is 5.29. The van der Waals surface area contributed by atoms with Gasteiger partial charge >= 0.3 is 0 Å². The van der Waals surface area contributed by atoms with Crippen LogP contribution in [0.5, 0.6) is 0 Å². The van der Waals surface area contributed by atoms with Gasteiger partial charge < -0.3 is 15.4 Å². The molecular formula is C19H29IN4OS. The van der Waals surface area contributed by atoms with Crippen LogP contribution in [0.3, 0.4) is 0 Å². The lowest BCUT2D eigenvalue weighted by Crippen LogP contribution is -2.38. The van der Waals surface area contributed by atoms with Gasteiger partial charge in [0.25, 0.3) is 0 Å². The predicted octanol–water partition coefficient (Wildman–Crippen LogP) is 3.77. The van der Waals surface area contributed by atoms with E-state index in [-0.39, 0.29) is 24.0 Å². The van der Waals surface area contributed by atoms with Crippen molar-refractivity contribution in [2.45, 2.75) is 32.8 Å². The number of halogens is 1. The molecule has 2 N–H and O–H groups in total. The van der Waals surface area contributed by atoms with E-state index in [1.807, 2.05) is 24.4 Å². The summed E-state index contributed by atoms with van der Waals surface area (Å²) in [6, 6.07) is 10.3. The zero-order valence-corrected chi connectivity index (χ0v) is 18.7. The van der Waals surface area contributed by atoms with Crippen molar-refractivity contribution >= 4 is 41.3 Å². The number of rotatable bonds is 10. The molecule has 1 heterocycles. The zero-order valence-electron chi connectivity index (χ0n) is 15.5. The first-order valence-electron chi connectivity index (χ1n) is 8.75. The minimum Gasteiger partial charge on any atom is -0.377 e. The van der Waals surface area contributed by atoms with Gasteiger partial charge in [0.2, 0.25) is 0 Å². The number of thiazole rings is 1. The number of guanidine groups is 1. The molecule has 0 bridgehead atoms. The Balaban J connectivity index is 0.00000338. The highest BCUT2D eigenvalue weighted by molar-refractivity contribution is 14.0. The summed E-state index contributed by atoms with van der Waals surface area (Å²) in [5.41, 5.74) is 1.22. The van der Waals surface area contributed by atoms with Crippen LogP contribution in [0.25, 0.3) is 0 Å². The molecule has 144 valence electrons. The summed E-state index contributed by atoms with van der Waals surface area (Å²) in [7, 11) is 1.80. The molecule has 0 aliphatic heterocycles. The monoisotopic (exact) mass is 488 g/mol. The van der Waals surface area contributed by atoms with Crippen molar-refractivity contribution in [2.75, 3.05) is 26.7 Å². The van der Waals surface area contributed by atoms with Crippen molar-refractivity contribution in [1.82, 2.24) is 15.6 Å². The van der Waals surface area contributed by atoms with E-state index in [0.717, 1.165) is 49.9 Å². The quantitative estimate of drug-likeness (QED) is 0.231. The van der Waals surface area contributed by atoms with E-state index in [1.54, 1.807) is 18.4 Å². The number of hydrogen-bond acceptors (Lipinski definition) is 4. The average molecular weight is 488 g/mol. The summed E-state index contributed by atoms with van der Waals surface area (Å²) in [4.78, 5) is 9.87. The van der Waals surface area contributed by atoms with Gasteiger partial charge in [-0.15, -0.1) is 35.3 Å². The summed E-state index contributed by atoms with van der Waals surface area (Å²) < 4.78 is 5.69.